The summed E-state index contributed by atoms with van der Waals surface area (Å²) in [6.07, 6.45) is 0. The van der Waals surface area contributed by atoms with Crippen molar-refractivity contribution < 1.29 is 13.2 Å². The Morgan fingerprint density at radius 3 is 1.86 bits per heavy atom. The van der Waals surface area contributed by atoms with Crippen LogP contribution in [0.25, 0.3) is 0 Å². The van der Waals surface area contributed by atoms with E-state index in [1.54, 1.807) is 54.2 Å². The van der Waals surface area contributed by atoms with E-state index in [4.69, 9.17) is 0 Å². The molecule has 0 aromatic heterocycles. The standard InChI is InChI=1S/C22H16F3NS2/c23-17-9-5-15(6-10-17)22(28-21-26-13-14-27-21,16-7-11-18(24)12-8-16)19-3-1-2-4-20(19)25/h1-12H,13-14H2. The number of hydrogen-bond donors (Lipinski definition) is 0. The van der Waals surface area contributed by atoms with Gasteiger partial charge in [0.2, 0.25) is 0 Å². The summed E-state index contributed by atoms with van der Waals surface area (Å²) in [4.78, 5) is 4.53. The molecule has 0 N–H and O–H groups in total. The largest absolute Gasteiger partial charge is 0.271 e. The van der Waals surface area contributed by atoms with Gasteiger partial charge in [-0.05, 0) is 41.5 Å². The smallest absolute Gasteiger partial charge is 0.128 e. The molecule has 0 spiro atoms. The second kappa shape index (κ2) is 8.05. The van der Waals surface area contributed by atoms with Crippen molar-refractivity contribution in [1.82, 2.24) is 0 Å². The Bertz CT molecular complexity index is 956. The Hall–Kier alpha value is -2.18. The van der Waals surface area contributed by atoms with Gasteiger partial charge in [0, 0.05) is 11.3 Å². The molecule has 3 aromatic carbocycles. The molecule has 0 atom stereocenters. The van der Waals surface area contributed by atoms with Crippen molar-refractivity contribution in [3.8, 4) is 0 Å². The molecule has 0 fully saturated rings. The third kappa shape index (κ3) is 3.59. The van der Waals surface area contributed by atoms with E-state index in [-0.39, 0.29) is 17.5 Å². The Kier molecular flexibility index (Phi) is 5.51. The minimum Gasteiger partial charge on any atom is -0.271 e. The molecule has 1 heterocycles. The summed E-state index contributed by atoms with van der Waals surface area (Å²) in [5.74, 6) is -0.263. The molecule has 0 bridgehead atoms. The van der Waals surface area contributed by atoms with Gasteiger partial charge in [-0.2, -0.15) is 0 Å². The van der Waals surface area contributed by atoms with E-state index in [2.05, 4.69) is 4.99 Å². The molecule has 1 aliphatic rings. The zero-order chi connectivity index (χ0) is 19.6. The minimum absolute atomic E-state index is 0.372. The molecule has 3 aromatic rings. The van der Waals surface area contributed by atoms with Crippen molar-refractivity contribution in [2.45, 2.75) is 4.75 Å². The first kappa shape index (κ1) is 19.2. The van der Waals surface area contributed by atoms with Crippen LogP contribution in [0, 0.1) is 17.5 Å². The summed E-state index contributed by atoms with van der Waals surface area (Å²) in [7, 11) is 0. The first-order chi connectivity index (χ1) is 13.6. The molecule has 0 radical (unpaired) electrons. The monoisotopic (exact) mass is 415 g/mol. The maximum absolute atomic E-state index is 15.1. The van der Waals surface area contributed by atoms with Crippen LogP contribution < -0.4 is 0 Å². The lowest BCUT2D eigenvalue weighted by atomic mass is 9.83. The lowest BCUT2D eigenvalue weighted by Crippen LogP contribution is -2.28. The summed E-state index contributed by atoms with van der Waals surface area (Å²) in [6, 6.07) is 18.6. The highest BCUT2D eigenvalue weighted by Crippen LogP contribution is 2.51. The van der Waals surface area contributed by atoms with E-state index >= 15 is 4.39 Å². The van der Waals surface area contributed by atoms with Crippen molar-refractivity contribution in [3.05, 3.63) is 107 Å². The average molecular weight is 416 g/mol. The molecule has 0 saturated carbocycles. The normalized spacial score (nSPS) is 14.2. The summed E-state index contributed by atoms with van der Waals surface area (Å²) in [5.41, 5.74) is 1.82. The van der Waals surface area contributed by atoms with E-state index < -0.39 is 4.75 Å². The third-order valence-electron chi connectivity index (χ3n) is 4.55. The number of hydrogen-bond acceptors (Lipinski definition) is 3. The van der Waals surface area contributed by atoms with Crippen molar-refractivity contribution in [1.29, 1.82) is 0 Å². The van der Waals surface area contributed by atoms with E-state index in [1.165, 1.54) is 42.1 Å². The maximum Gasteiger partial charge on any atom is 0.128 e. The van der Waals surface area contributed by atoms with Crippen molar-refractivity contribution >= 4 is 27.9 Å². The van der Waals surface area contributed by atoms with Gasteiger partial charge in [-0.15, -0.1) is 0 Å². The van der Waals surface area contributed by atoms with Crippen LogP contribution in [0.3, 0.4) is 0 Å². The molecular weight excluding hydrogens is 399 g/mol. The van der Waals surface area contributed by atoms with Gasteiger partial charge in [-0.1, -0.05) is 66.0 Å². The first-order valence-corrected chi connectivity index (χ1v) is 10.5. The summed E-state index contributed by atoms with van der Waals surface area (Å²) < 4.78 is 42.2. The average Bonchev–Trinajstić information content (AvgIpc) is 3.21. The van der Waals surface area contributed by atoms with E-state index in [9.17, 15) is 8.78 Å². The van der Waals surface area contributed by atoms with Crippen LogP contribution in [0.5, 0.6) is 0 Å². The predicted molar refractivity (Wildman–Crippen MR) is 111 cm³/mol. The number of aliphatic imine (C=N–C) groups is 1. The van der Waals surface area contributed by atoms with Crippen molar-refractivity contribution in [3.63, 3.8) is 0 Å². The third-order valence-corrected chi connectivity index (χ3v) is 7.22. The number of rotatable bonds is 4. The Morgan fingerprint density at radius 2 is 1.36 bits per heavy atom. The van der Waals surface area contributed by atoms with Gasteiger partial charge in [0.25, 0.3) is 0 Å². The lowest BCUT2D eigenvalue weighted by molar-refractivity contribution is 0.598. The van der Waals surface area contributed by atoms with Gasteiger partial charge in [0.05, 0.1) is 6.54 Å². The fourth-order valence-corrected chi connectivity index (χ4v) is 5.88. The molecule has 1 aliphatic heterocycles. The topological polar surface area (TPSA) is 12.4 Å². The quantitative estimate of drug-likeness (QED) is 0.468. The van der Waals surface area contributed by atoms with Gasteiger partial charge in [-0.25, -0.2) is 13.2 Å². The molecule has 142 valence electrons. The summed E-state index contributed by atoms with van der Waals surface area (Å²) in [5, 5.41) is 0. The minimum atomic E-state index is -1.02. The molecule has 0 amide bonds. The maximum atomic E-state index is 15.1. The Labute approximate surface area is 170 Å². The summed E-state index contributed by atoms with van der Waals surface area (Å²) >= 11 is 3.02. The lowest BCUT2D eigenvalue weighted by Gasteiger charge is -2.35. The molecular formula is C22H16F3NS2. The van der Waals surface area contributed by atoms with Crippen molar-refractivity contribution in [2.75, 3.05) is 12.3 Å². The van der Waals surface area contributed by atoms with Crippen molar-refractivity contribution in [2.24, 2.45) is 4.99 Å². The number of thioether (sulfide) groups is 2. The van der Waals surface area contributed by atoms with Crippen LogP contribution in [0.1, 0.15) is 16.7 Å². The highest BCUT2D eigenvalue weighted by molar-refractivity contribution is 8.39. The highest BCUT2D eigenvalue weighted by atomic mass is 32.2. The van der Waals surface area contributed by atoms with Gasteiger partial charge >= 0.3 is 0 Å². The van der Waals surface area contributed by atoms with Crippen LogP contribution >= 0.6 is 23.5 Å². The van der Waals surface area contributed by atoms with Crippen LogP contribution in [-0.2, 0) is 4.75 Å². The zero-order valence-corrected chi connectivity index (χ0v) is 16.4. The number of benzene rings is 3. The second-order valence-corrected chi connectivity index (χ2v) is 8.82. The van der Waals surface area contributed by atoms with E-state index in [1.807, 2.05) is 0 Å². The fraction of sp³-hybridized carbons (Fsp3) is 0.136. The molecule has 28 heavy (non-hydrogen) atoms. The molecule has 0 unspecified atom stereocenters. The molecule has 1 nitrogen and oxygen atoms in total. The Morgan fingerprint density at radius 1 is 0.786 bits per heavy atom. The summed E-state index contributed by atoms with van der Waals surface area (Å²) in [6.45, 7) is 0.702. The first-order valence-electron chi connectivity index (χ1n) is 8.73. The fourth-order valence-electron chi connectivity index (χ4n) is 3.27. The number of nitrogens with zero attached hydrogens (tertiary/aromatic N) is 1. The van der Waals surface area contributed by atoms with Crippen LogP contribution in [-0.4, -0.2) is 16.7 Å². The van der Waals surface area contributed by atoms with Gasteiger partial charge in [-0.3, -0.25) is 4.99 Å². The molecule has 6 heteroatoms. The van der Waals surface area contributed by atoms with Crippen LogP contribution in [0.4, 0.5) is 13.2 Å². The van der Waals surface area contributed by atoms with Gasteiger partial charge < -0.3 is 0 Å². The van der Waals surface area contributed by atoms with E-state index in [0.717, 1.165) is 10.1 Å². The SMILES string of the molecule is Fc1ccc(C(SC2=NCCS2)(c2ccc(F)cc2)c2ccccc2F)cc1. The van der Waals surface area contributed by atoms with Gasteiger partial charge in [0.1, 0.15) is 26.6 Å². The van der Waals surface area contributed by atoms with E-state index in [0.29, 0.717) is 23.2 Å². The molecule has 4 rings (SSSR count). The second-order valence-electron chi connectivity index (χ2n) is 6.27. The molecule has 0 saturated heterocycles. The number of halogens is 3. The predicted octanol–water partition coefficient (Wildman–Crippen LogP) is 6.23. The Balaban J connectivity index is 2.01. The zero-order valence-electron chi connectivity index (χ0n) is 14.7. The van der Waals surface area contributed by atoms with Crippen LogP contribution in [0.2, 0.25) is 0 Å². The van der Waals surface area contributed by atoms with Gasteiger partial charge in [0.15, 0.2) is 0 Å². The molecule has 0 aliphatic carbocycles. The highest BCUT2D eigenvalue weighted by Gasteiger charge is 2.41. The van der Waals surface area contributed by atoms with Crippen LogP contribution in [0.15, 0.2) is 77.8 Å².